The number of aromatic amines is 1. The maximum absolute atomic E-state index is 10.7. The fraction of sp³-hybridized carbons (Fsp3) is 0.167. The highest BCUT2D eigenvalue weighted by molar-refractivity contribution is 9.10. The molecule has 0 aliphatic carbocycles. The highest BCUT2D eigenvalue weighted by atomic mass is 79.9. The molecular formula is C6H7BrN2O. The van der Waals surface area contributed by atoms with Gasteiger partial charge in [0.2, 0.25) is 5.56 Å². The SMILES string of the molecule is NCc1cc(=O)[nH]cc1Br. The van der Waals surface area contributed by atoms with Crippen LogP contribution in [0, 0.1) is 0 Å². The highest BCUT2D eigenvalue weighted by Crippen LogP contribution is 2.10. The Kier molecular flexibility index (Phi) is 2.24. The molecule has 0 aromatic carbocycles. The van der Waals surface area contributed by atoms with Crippen LogP contribution in [0.15, 0.2) is 21.5 Å². The molecule has 0 bridgehead atoms. The summed E-state index contributed by atoms with van der Waals surface area (Å²) in [5.74, 6) is 0. The molecule has 10 heavy (non-hydrogen) atoms. The van der Waals surface area contributed by atoms with Gasteiger partial charge in [-0.1, -0.05) is 0 Å². The van der Waals surface area contributed by atoms with E-state index in [4.69, 9.17) is 5.73 Å². The lowest BCUT2D eigenvalue weighted by atomic mass is 10.3. The Morgan fingerprint density at radius 2 is 2.40 bits per heavy atom. The van der Waals surface area contributed by atoms with Crippen LogP contribution in [-0.4, -0.2) is 4.98 Å². The Balaban J connectivity index is 3.22. The van der Waals surface area contributed by atoms with Crippen molar-refractivity contribution in [3.05, 3.63) is 32.7 Å². The van der Waals surface area contributed by atoms with Crippen molar-refractivity contribution in [2.24, 2.45) is 5.73 Å². The molecule has 0 saturated carbocycles. The quantitative estimate of drug-likeness (QED) is 0.701. The second-order valence-corrected chi connectivity index (χ2v) is 2.73. The minimum absolute atomic E-state index is 0.122. The van der Waals surface area contributed by atoms with Gasteiger partial charge in [-0.05, 0) is 21.5 Å². The van der Waals surface area contributed by atoms with Gasteiger partial charge in [-0.3, -0.25) is 4.79 Å². The zero-order chi connectivity index (χ0) is 7.56. The first-order chi connectivity index (χ1) is 4.74. The van der Waals surface area contributed by atoms with Crippen molar-refractivity contribution < 1.29 is 0 Å². The summed E-state index contributed by atoms with van der Waals surface area (Å²) in [6.07, 6.45) is 1.59. The van der Waals surface area contributed by atoms with Gasteiger partial charge in [0.15, 0.2) is 0 Å². The Labute approximate surface area is 66.4 Å². The van der Waals surface area contributed by atoms with Gasteiger partial charge in [-0.15, -0.1) is 0 Å². The van der Waals surface area contributed by atoms with Crippen molar-refractivity contribution in [3.8, 4) is 0 Å². The third-order valence-electron chi connectivity index (χ3n) is 1.17. The van der Waals surface area contributed by atoms with Gasteiger partial charge in [0.25, 0.3) is 0 Å². The largest absolute Gasteiger partial charge is 0.328 e. The second-order valence-electron chi connectivity index (χ2n) is 1.87. The van der Waals surface area contributed by atoms with Crippen molar-refractivity contribution in [2.45, 2.75) is 6.54 Å². The first-order valence-electron chi connectivity index (χ1n) is 2.81. The van der Waals surface area contributed by atoms with E-state index in [2.05, 4.69) is 20.9 Å². The molecule has 0 fully saturated rings. The summed E-state index contributed by atoms with van der Waals surface area (Å²) in [5, 5.41) is 0. The molecule has 1 aromatic heterocycles. The molecule has 3 N–H and O–H groups in total. The van der Waals surface area contributed by atoms with Gasteiger partial charge in [0.05, 0.1) is 0 Å². The molecule has 54 valence electrons. The van der Waals surface area contributed by atoms with Gasteiger partial charge >= 0.3 is 0 Å². The van der Waals surface area contributed by atoms with E-state index in [0.29, 0.717) is 6.54 Å². The fourth-order valence-electron chi connectivity index (χ4n) is 0.652. The number of aromatic nitrogens is 1. The molecule has 0 unspecified atom stereocenters. The summed E-state index contributed by atoms with van der Waals surface area (Å²) in [4.78, 5) is 13.2. The molecule has 0 aliphatic heterocycles. The van der Waals surface area contributed by atoms with E-state index in [9.17, 15) is 4.79 Å². The van der Waals surface area contributed by atoms with Gasteiger partial charge in [0, 0.05) is 23.3 Å². The van der Waals surface area contributed by atoms with Gasteiger partial charge in [-0.2, -0.15) is 0 Å². The average Bonchev–Trinajstić information content (AvgIpc) is 1.94. The predicted molar refractivity (Wildman–Crippen MR) is 42.7 cm³/mol. The Bertz CT molecular complexity index is 281. The Hall–Kier alpha value is -0.610. The van der Waals surface area contributed by atoms with Crippen LogP contribution in [0.2, 0.25) is 0 Å². The summed E-state index contributed by atoms with van der Waals surface area (Å²) in [6.45, 7) is 0.379. The molecule has 1 aromatic rings. The summed E-state index contributed by atoms with van der Waals surface area (Å²) < 4.78 is 0.842. The van der Waals surface area contributed by atoms with E-state index in [1.54, 1.807) is 6.20 Å². The molecule has 0 atom stereocenters. The van der Waals surface area contributed by atoms with E-state index in [-0.39, 0.29) is 5.56 Å². The van der Waals surface area contributed by atoms with Gasteiger partial charge in [0.1, 0.15) is 0 Å². The maximum atomic E-state index is 10.7. The van der Waals surface area contributed by atoms with E-state index in [0.717, 1.165) is 10.0 Å². The van der Waals surface area contributed by atoms with E-state index in [1.807, 2.05) is 0 Å². The Morgan fingerprint density at radius 1 is 1.70 bits per heavy atom. The minimum atomic E-state index is -0.122. The fourth-order valence-corrected chi connectivity index (χ4v) is 1.04. The van der Waals surface area contributed by atoms with Crippen LogP contribution in [0.3, 0.4) is 0 Å². The minimum Gasteiger partial charge on any atom is -0.328 e. The lowest BCUT2D eigenvalue weighted by Gasteiger charge is -1.96. The van der Waals surface area contributed by atoms with Gasteiger partial charge in [-0.25, -0.2) is 0 Å². The monoisotopic (exact) mass is 202 g/mol. The first kappa shape index (κ1) is 7.50. The number of halogens is 1. The van der Waals surface area contributed by atoms with E-state index < -0.39 is 0 Å². The number of H-pyrrole nitrogens is 1. The molecule has 0 saturated heterocycles. The zero-order valence-electron chi connectivity index (χ0n) is 5.23. The van der Waals surface area contributed by atoms with Crippen LogP contribution in [0.25, 0.3) is 0 Å². The van der Waals surface area contributed by atoms with Crippen molar-refractivity contribution in [1.29, 1.82) is 0 Å². The third-order valence-corrected chi connectivity index (χ3v) is 1.91. The van der Waals surface area contributed by atoms with Crippen LogP contribution >= 0.6 is 15.9 Å². The van der Waals surface area contributed by atoms with Crippen LogP contribution < -0.4 is 11.3 Å². The summed E-state index contributed by atoms with van der Waals surface area (Å²) in [7, 11) is 0. The molecular weight excluding hydrogens is 196 g/mol. The van der Waals surface area contributed by atoms with E-state index >= 15 is 0 Å². The van der Waals surface area contributed by atoms with Crippen LogP contribution in [0.1, 0.15) is 5.56 Å². The zero-order valence-corrected chi connectivity index (χ0v) is 6.81. The van der Waals surface area contributed by atoms with Crippen molar-refractivity contribution in [2.75, 3.05) is 0 Å². The highest BCUT2D eigenvalue weighted by Gasteiger charge is 1.95. The smallest absolute Gasteiger partial charge is 0.248 e. The topological polar surface area (TPSA) is 58.9 Å². The first-order valence-corrected chi connectivity index (χ1v) is 3.60. The van der Waals surface area contributed by atoms with Crippen molar-refractivity contribution in [1.82, 2.24) is 4.98 Å². The standard InChI is InChI=1S/C6H7BrN2O/c7-5-3-9-6(10)1-4(5)2-8/h1,3H,2,8H2,(H,9,10). The van der Waals surface area contributed by atoms with E-state index in [1.165, 1.54) is 6.07 Å². The van der Waals surface area contributed by atoms with Gasteiger partial charge < -0.3 is 10.7 Å². The molecule has 0 aliphatic rings. The lowest BCUT2D eigenvalue weighted by molar-refractivity contribution is 1.03. The number of pyridine rings is 1. The summed E-state index contributed by atoms with van der Waals surface area (Å²) >= 11 is 3.24. The number of hydrogen-bond acceptors (Lipinski definition) is 2. The normalized spacial score (nSPS) is 9.80. The molecule has 1 rings (SSSR count). The molecule has 0 amide bonds. The average molecular weight is 203 g/mol. The maximum Gasteiger partial charge on any atom is 0.248 e. The second kappa shape index (κ2) is 2.98. The third kappa shape index (κ3) is 1.46. The van der Waals surface area contributed by atoms with Crippen molar-refractivity contribution in [3.63, 3.8) is 0 Å². The Morgan fingerprint density at radius 3 is 2.90 bits per heavy atom. The number of rotatable bonds is 1. The summed E-state index contributed by atoms with van der Waals surface area (Å²) in [5.41, 5.74) is 6.04. The molecule has 1 heterocycles. The number of nitrogens with one attached hydrogen (secondary N) is 1. The number of hydrogen-bond donors (Lipinski definition) is 2. The van der Waals surface area contributed by atoms with Crippen LogP contribution in [0.5, 0.6) is 0 Å². The molecule has 3 nitrogen and oxygen atoms in total. The summed E-state index contributed by atoms with van der Waals surface area (Å²) in [6, 6.07) is 1.48. The number of nitrogens with two attached hydrogens (primary N) is 1. The molecule has 0 spiro atoms. The molecule has 0 radical (unpaired) electrons. The van der Waals surface area contributed by atoms with Crippen LogP contribution in [-0.2, 0) is 6.54 Å². The predicted octanol–water partition coefficient (Wildman–Crippen LogP) is 0.596. The molecule has 4 heteroatoms. The van der Waals surface area contributed by atoms with Crippen molar-refractivity contribution >= 4 is 15.9 Å². The lowest BCUT2D eigenvalue weighted by Crippen LogP contribution is -2.08. The van der Waals surface area contributed by atoms with Crippen LogP contribution in [0.4, 0.5) is 0 Å².